The number of nitrogens with one attached hydrogen (secondary N) is 1. The highest BCUT2D eigenvalue weighted by atomic mass is 32.1. The van der Waals surface area contributed by atoms with Gasteiger partial charge in [0.05, 0.1) is 10.2 Å². The average molecular weight is 319 g/mol. The summed E-state index contributed by atoms with van der Waals surface area (Å²) in [6.45, 7) is 0.258. The van der Waals surface area contributed by atoms with Crippen molar-refractivity contribution in [2.45, 2.75) is 31.7 Å². The van der Waals surface area contributed by atoms with Crippen LogP contribution in [0.5, 0.6) is 0 Å². The lowest BCUT2D eigenvalue weighted by Gasteiger charge is -2.33. The van der Waals surface area contributed by atoms with E-state index in [-0.39, 0.29) is 18.7 Å². The van der Waals surface area contributed by atoms with Crippen LogP contribution in [0.3, 0.4) is 0 Å². The first-order valence-corrected chi connectivity index (χ1v) is 8.49. The van der Waals surface area contributed by atoms with Crippen LogP contribution in [-0.4, -0.2) is 40.7 Å². The lowest BCUT2D eigenvalue weighted by molar-refractivity contribution is 0.139. The molecule has 0 unspecified atom stereocenters. The van der Waals surface area contributed by atoms with E-state index in [1.54, 1.807) is 4.90 Å². The molecule has 2 N–H and O–H groups in total. The zero-order chi connectivity index (χ0) is 15.5. The fourth-order valence-corrected chi connectivity index (χ4v) is 3.84. The molecule has 1 heterocycles. The summed E-state index contributed by atoms with van der Waals surface area (Å²) in [5.74, 6) is 0.400. The van der Waals surface area contributed by atoms with Crippen molar-refractivity contribution in [2.24, 2.45) is 5.92 Å². The number of aromatic nitrogens is 1. The van der Waals surface area contributed by atoms with E-state index in [0.29, 0.717) is 11.0 Å². The molecule has 5 nitrogen and oxygen atoms in total. The van der Waals surface area contributed by atoms with E-state index in [1.165, 1.54) is 11.3 Å². The number of urea groups is 1. The van der Waals surface area contributed by atoms with Gasteiger partial charge in [0, 0.05) is 19.7 Å². The number of rotatable bonds is 3. The van der Waals surface area contributed by atoms with E-state index in [4.69, 9.17) is 0 Å². The molecule has 0 saturated heterocycles. The van der Waals surface area contributed by atoms with Crippen molar-refractivity contribution in [2.75, 3.05) is 19.0 Å². The highest BCUT2D eigenvalue weighted by Gasteiger charge is 2.26. The van der Waals surface area contributed by atoms with Crippen LogP contribution in [-0.2, 0) is 0 Å². The third-order valence-corrected chi connectivity index (χ3v) is 5.40. The molecule has 1 aromatic heterocycles. The Morgan fingerprint density at radius 3 is 2.77 bits per heavy atom. The SMILES string of the molecule is CN(C(=O)Nc1nc2ccccc2s1)C1CCC(CO)CC1. The summed E-state index contributed by atoms with van der Waals surface area (Å²) in [7, 11) is 1.84. The van der Waals surface area contributed by atoms with Crippen molar-refractivity contribution in [3.63, 3.8) is 0 Å². The predicted octanol–water partition coefficient (Wildman–Crippen LogP) is 3.31. The number of anilines is 1. The van der Waals surface area contributed by atoms with Gasteiger partial charge in [0.25, 0.3) is 0 Å². The first-order valence-electron chi connectivity index (χ1n) is 7.67. The van der Waals surface area contributed by atoms with Gasteiger partial charge in [0.1, 0.15) is 0 Å². The largest absolute Gasteiger partial charge is 0.396 e. The molecule has 1 fully saturated rings. The normalized spacial score (nSPS) is 21.7. The highest BCUT2D eigenvalue weighted by Crippen LogP contribution is 2.28. The van der Waals surface area contributed by atoms with Gasteiger partial charge in [-0.1, -0.05) is 23.5 Å². The van der Waals surface area contributed by atoms with Crippen LogP contribution in [0.1, 0.15) is 25.7 Å². The molecule has 0 spiro atoms. The Hall–Kier alpha value is -1.66. The summed E-state index contributed by atoms with van der Waals surface area (Å²) in [6.07, 6.45) is 3.88. The molecule has 0 atom stereocenters. The number of aliphatic hydroxyl groups excluding tert-OH is 1. The molecular weight excluding hydrogens is 298 g/mol. The smallest absolute Gasteiger partial charge is 0.323 e. The molecule has 2 amide bonds. The number of benzene rings is 1. The summed E-state index contributed by atoms with van der Waals surface area (Å²) >= 11 is 1.49. The van der Waals surface area contributed by atoms with Crippen LogP contribution in [0, 0.1) is 5.92 Å². The molecule has 6 heteroatoms. The Morgan fingerprint density at radius 1 is 1.36 bits per heavy atom. The van der Waals surface area contributed by atoms with Crippen LogP contribution < -0.4 is 5.32 Å². The monoisotopic (exact) mass is 319 g/mol. The number of nitrogens with zero attached hydrogens (tertiary/aromatic N) is 2. The van der Waals surface area contributed by atoms with Crippen molar-refractivity contribution < 1.29 is 9.90 Å². The number of carbonyl (C=O) groups is 1. The average Bonchev–Trinajstić information content (AvgIpc) is 2.96. The van der Waals surface area contributed by atoms with Crippen LogP contribution in [0.25, 0.3) is 10.2 Å². The summed E-state index contributed by atoms with van der Waals surface area (Å²) in [5, 5.41) is 12.7. The molecular formula is C16H21N3O2S. The molecule has 1 aromatic carbocycles. The van der Waals surface area contributed by atoms with Crippen LogP contribution in [0.15, 0.2) is 24.3 Å². The van der Waals surface area contributed by atoms with Crippen LogP contribution in [0.4, 0.5) is 9.93 Å². The minimum absolute atomic E-state index is 0.105. The fourth-order valence-electron chi connectivity index (χ4n) is 2.99. The number of para-hydroxylation sites is 1. The number of aliphatic hydroxyl groups is 1. The molecule has 1 aliphatic carbocycles. The van der Waals surface area contributed by atoms with E-state index >= 15 is 0 Å². The van der Waals surface area contributed by atoms with Gasteiger partial charge >= 0.3 is 6.03 Å². The molecule has 1 saturated carbocycles. The van der Waals surface area contributed by atoms with Crippen LogP contribution >= 0.6 is 11.3 Å². The van der Waals surface area contributed by atoms with Crippen LogP contribution in [0.2, 0.25) is 0 Å². The molecule has 0 radical (unpaired) electrons. The maximum atomic E-state index is 12.4. The Bertz CT molecular complexity index is 617. The van der Waals surface area contributed by atoms with Crippen molar-refractivity contribution in [1.82, 2.24) is 9.88 Å². The second-order valence-electron chi connectivity index (χ2n) is 5.88. The summed E-state index contributed by atoms with van der Waals surface area (Å²) in [6, 6.07) is 8.00. The number of hydrogen-bond acceptors (Lipinski definition) is 4. The molecule has 118 valence electrons. The minimum atomic E-state index is -0.105. The standard InChI is InChI=1S/C16H21N3O2S/c1-19(12-8-6-11(10-20)7-9-12)16(21)18-15-17-13-4-2-3-5-14(13)22-15/h2-5,11-12,20H,6-10H2,1H3,(H,17,18,21). The quantitative estimate of drug-likeness (QED) is 0.912. The Balaban J connectivity index is 1.61. The maximum absolute atomic E-state index is 12.4. The van der Waals surface area contributed by atoms with Gasteiger partial charge in [-0.25, -0.2) is 9.78 Å². The molecule has 1 aliphatic rings. The van der Waals surface area contributed by atoms with Gasteiger partial charge in [-0.05, 0) is 43.7 Å². The lowest BCUT2D eigenvalue weighted by atomic mass is 9.86. The predicted molar refractivity (Wildman–Crippen MR) is 89.2 cm³/mol. The topological polar surface area (TPSA) is 65.5 Å². The first kappa shape index (κ1) is 15.2. The summed E-state index contributed by atoms with van der Waals surface area (Å²) < 4.78 is 1.07. The maximum Gasteiger partial charge on any atom is 0.323 e. The Labute approximate surface area is 134 Å². The molecule has 22 heavy (non-hydrogen) atoms. The summed E-state index contributed by atoms with van der Waals surface area (Å²) in [4.78, 5) is 18.6. The number of thiazole rings is 1. The van der Waals surface area contributed by atoms with Crippen molar-refractivity contribution >= 4 is 32.7 Å². The number of hydrogen-bond donors (Lipinski definition) is 2. The highest BCUT2D eigenvalue weighted by molar-refractivity contribution is 7.22. The summed E-state index contributed by atoms with van der Waals surface area (Å²) in [5.41, 5.74) is 0.911. The molecule has 3 rings (SSSR count). The number of amides is 2. The molecule has 0 bridgehead atoms. The second-order valence-corrected chi connectivity index (χ2v) is 6.92. The molecule has 2 aromatic rings. The second kappa shape index (κ2) is 6.62. The van der Waals surface area contributed by atoms with Crippen molar-refractivity contribution in [1.29, 1.82) is 0 Å². The third kappa shape index (κ3) is 3.23. The Morgan fingerprint density at radius 2 is 2.09 bits per heavy atom. The first-order chi connectivity index (χ1) is 10.7. The van der Waals surface area contributed by atoms with E-state index < -0.39 is 0 Å². The zero-order valence-corrected chi connectivity index (χ0v) is 13.5. The fraction of sp³-hybridized carbons (Fsp3) is 0.500. The van der Waals surface area contributed by atoms with Gasteiger partial charge in [-0.3, -0.25) is 5.32 Å². The molecule has 0 aliphatic heterocycles. The van der Waals surface area contributed by atoms with Crippen molar-refractivity contribution in [3.8, 4) is 0 Å². The van der Waals surface area contributed by atoms with Crippen molar-refractivity contribution in [3.05, 3.63) is 24.3 Å². The van der Waals surface area contributed by atoms with E-state index in [1.807, 2.05) is 31.3 Å². The third-order valence-electron chi connectivity index (χ3n) is 4.45. The van der Waals surface area contributed by atoms with Gasteiger partial charge in [-0.2, -0.15) is 0 Å². The van der Waals surface area contributed by atoms with Gasteiger partial charge < -0.3 is 10.0 Å². The van der Waals surface area contributed by atoms with E-state index in [0.717, 1.165) is 35.9 Å². The van der Waals surface area contributed by atoms with E-state index in [9.17, 15) is 9.90 Å². The minimum Gasteiger partial charge on any atom is -0.396 e. The van der Waals surface area contributed by atoms with Gasteiger partial charge in [0.15, 0.2) is 5.13 Å². The zero-order valence-electron chi connectivity index (χ0n) is 12.7. The van der Waals surface area contributed by atoms with Gasteiger partial charge in [0.2, 0.25) is 0 Å². The number of fused-ring (bicyclic) bond motifs is 1. The number of carbonyl (C=O) groups excluding carboxylic acids is 1. The Kier molecular flexibility index (Phi) is 4.59. The van der Waals surface area contributed by atoms with Gasteiger partial charge in [-0.15, -0.1) is 0 Å². The lowest BCUT2D eigenvalue weighted by Crippen LogP contribution is -2.42. The van der Waals surface area contributed by atoms with E-state index in [2.05, 4.69) is 10.3 Å².